The Morgan fingerprint density at radius 3 is 2.43 bits per heavy atom. The average Bonchev–Trinajstić information content (AvgIpc) is 2.78. The number of nitrogens with one attached hydrogen (secondary N) is 1. The summed E-state index contributed by atoms with van der Waals surface area (Å²) in [4.78, 5) is 33.5. The summed E-state index contributed by atoms with van der Waals surface area (Å²) in [6, 6.07) is 17.9. The van der Waals surface area contributed by atoms with Crippen molar-refractivity contribution in [1.82, 2.24) is 24.7 Å². The highest BCUT2D eigenvalue weighted by atomic mass is 16.2. The number of benzene rings is 2. The molecule has 4 rings (SSSR count). The zero-order valence-corrected chi connectivity index (χ0v) is 17.0. The van der Waals surface area contributed by atoms with Crippen molar-refractivity contribution in [3.63, 3.8) is 0 Å². The number of piperazine rings is 1. The summed E-state index contributed by atoms with van der Waals surface area (Å²) in [6.45, 7) is 6.44. The van der Waals surface area contributed by atoms with E-state index in [9.17, 15) is 9.59 Å². The Bertz CT molecular complexity index is 1040. The van der Waals surface area contributed by atoms with Crippen molar-refractivity contribution in [3.8, 4) is 0 Å². The van der Waals surface area contributed by atoms with Crippen molar-refractivity contribution in [1.29, 1.82) is 0 Å². The number of nitrogens with zero attached hydrogens (tertiary/aromatic N) is 4. The fourth-order valence-corrected chi connectivity index (χ4v) is 3.84. The summed E-state index contributed by atoms with van der Waals surface area (Å²) in [5, 5.41) is 2.95. The molecule has 1 aliphatic heterocycles. The van der Waals surface area contributed by atoms with Crippen molar-refractivity contribution in [2.45, 2.75) is 13.1 Å². The van der Waals surface area contributed by atoms with Gasteiger partial charge in [-0.25, -0.2) is 4.98 Å². The highest BCUT2D eigenvalue weighted by Crippen LogP contribution is 2.09. The van der Waals surface area contributed by atoms with Gasteiger partial charge in [0.1, 0.15) is 6.54 Å². The normalized spacial score (nSPS) is 15.3. The Morgan fingerprint density at radius 2 is 1.63 bits per heavy atom. The third-order valence-electron chi connectivity index (χ3n) is 5.52. The molecular formula is C23H27N5O2. The summed E-state index contributed by atoms with van der Waals surface area (Å²) in [5.41, 5.74) is 2.46. The van der Waals surface area contributed by atoms with E-state index in [0.717, 1.165) is 39.3 Å². The van der Waals surface area contributed by atoms with Gasteiger partial charge >= 0.3 is 0 Å². The largest absolute Gasteiger partial charge is 0.353 e. The molecule has 1 amide bonds. The molecule has 3 aromatic rings. The van der Waals surface area contributed by atoms with E-state index in [0.29, 0.717) is 17.6 Å². The first-order valence-corrected chi connectivity index (χ1v) is 10.4. The van der Waals surface area contributed by atoms with E-state index in [4.69, 9.17) is 0 Å². The lowest BCUT2D eigenvalue weighted by Crippen LogP contribution is -2.48. The number of amides is 1. The maximum absolute atomic E-state index is 12.4. The number of hydrogen-bond donors (Lipinski definition) is 1. The summed E-state index contributed by atoms with van der Waals surface area (Å²) in [7, 11) is 0. The quantitative estimate of drug-likeness (QED) is 0.642. The fraction of sp³-hybridized carbons (Fsp3) is 0.348. The number of carbonyl (C=O) groups is 1. The van der Waals surface area contributed by atoms with Crippen LogP contribution in [-0.2, 0) is 17.9 Å². The third-order valence-corrected chi connectivity index (χ3v) is 5.52. The molecule has 1 N–H and O–H groups in total. The third kappa shape index (κ3) is 5.11. The molecule has 0 unspecified atom stereocenters. The molecule has 2 heterocycles. The predicted molar refractivity (Wildman–Crippen MR) is 117 cm³/mol. The van der Waals surface area contributed by atoms with Crippen molar-refractivity contribution in [3.05, 3.63) is 76.7 Å². The van der Waals surface area contributed by atoms with E-state index in [2.05, 4.69) is 44.4 Å². The summed E-state index contributed by atoms with van der Waals surface area (Å²) < 4.78 is 1.47. The molecule has 0 bridgehead atoms. The van der Waals surface area contributed by atoms with E-state index in [1.54, 1.807) is 0 Å². The van der Waals surface area contributed by atoms with Gasteiger partial charge in [0.15, 0.2) is 0 Å². The van der Waals surface area contributed by atoms with Gasteiger partial charge < -0.3 is 5.32 Å². The van der Waals surface area contributed by atoms with Crippen molar-refractivity contribution < 1.29 is 4.79 Å². The Labute approximate surface area is 175 Å². The first kappa shape index (κ1) is 20.3. The van der Waals surface area contributed by atoms with Crippen LogP contribution in [0.1, 0.15) is 5.56 Å². The molecular weight excluding hydrogens is 378 g/mol. The number of aromatic nitrogens is 2. The van der Waals surface area contributed by atoms with Crippen LogP contribution in [0.25, 0.3) is 11.0 Å². The Hall–Kier alpha value is -3.03. The van der Waals surface area contributed by atoms with Crippen molar-refractivity contribution >= 4 is 16.9 Å². The number of fused-ring (bicyclic) bond motifs is 1. The lowest BCUT2D eigenvalue weighted by Gasteiger charge is -2.34. The zero-order chi connectivity index (χ0) is 20.8. The molecule has 1 saturated heterocycles. The van der Waals surface area contributed by atoms with Crippen LogP contribution in [0.2, 0.25) is 0 Å². The summed E-state index contributed by atoms with van der Waals surface area (Å²) in [6.07, 6.45) is 1.27. The molecule has 0 spiro atoms. The Morgan fingerprint density at radius 1 is 0.933 bits per heavy atom. The first-order chi connectivity index (χ1) is 14.7. The van der Waals surface area contributed by atoms with Gasteiger partial charge in [0.2, 0.25) is 5.91 Å². The maximum Gasteiger partial charge on any atom is 0.269 e. The van der Waals surface area contributed by atoms with E-state index >= 15 is 0 Å². The highest BCUT2D eigenvalue weighted by Gasteiger charge is 2.17. The fourth-order valence-electron chi connectivity index (χ4n) is 3.84. The number of hydrogen-bond acceptors (Lipinski definition) is 5. The van der Waals surface area contributed by atoms with Crippen LogP contribution in [0.4, 0.5) is 0 Å². The minimum absolute atomic E-state index is 0.00667. The van der Waals surface area contributed by atoms with Crippen LogP contribution < -0.4 is 10.9 Å². The monoisotopic (exact) mass is 405 g/mol. The molecule has 1 fully saturated rings. The molecule has 7 heteroatoms. The zero-order valence-electron chi connectivity index (χ0n) is 17.0. The van der Waals surface area contributed by atoms with Gasteiger partial charge in [-0.05, 0) is 17.7 Å². The standard InChI is InChI=1S/C23H27N5O2/c29-22(18-28-21-9-5-4-8-20(21)25-16-23(28)30)24-10-11-26-12-14-27(15-13-26)17-19-6-2-1-3-7-19/h1-9,16H,10-15,17-18H2,(H,24,29). The van der Waals surface area contributed by atoms with E-state index in [1.165, 1.54) is 16.3 Å². The topological polar surface area (TPSA) is 70.5 Å². The molecule has 1 aliphatic rings. The van der Waals surface area contributed by atoms with Crippen LogP contribution in [0, 0.1) is 0 Å². The minimum atomic E-state index is -0.265. The van der Waals surface area contributed by atoms with E-state index < -0.39 is 0 Å². The van der Waals surface area contributed by atoms with Crippen molar-refractivity contribution in [2.24, 2.45) is 0 Å². The van der Waals surface area contributed by atoms with Crippen LogP contribution in [0.3, 0.4) is 0 Å². The van der Waals surface area contributed by atoms with Gasteiger partial charge in [0.05, 0.1) is 17.2 Å². The van der Waals surface area contributed by atoms with E-state index in [-0.39, 0.29) is 18.0 Å². The molecule has 0 saturated carbocycles. The van der Waals surface area contributed by atoms with Crippen LogP contribution in [0.5, 0.6) is 0 Å². The van der Waals surface area contributed by atoms with Gasteiger partial charge in [0.25, 0.3) is 5.56 Å². The molecule has 156 valence electrons. The molecule has 0 aliphatic carbocycles. The van der Waals surface area contributed by atoms with Gasteiger partial charge in [-0.15, -0.1) is 0 Å². The van der Waals surface area contributed by atoms with Gasteiger partial charge in [-0.2, -0.15) is 0 Å². The smallest absolute Gasteiger partial charge is 0.269 e. The SMILES string of the molecule is O=C(Cn1c(=O)cnc2ccccc21)NCCN1CCN(Cc2ccccc2)CC1. The maximum atomic E-state index is 12.4. The molecule has 7 nitrogen and oxygen atoms in total. The molecule has 1 aromatic heterocycles. The first-order valence-electron chi connectivity index (χ1n) is 10.4. The van der Waals surface area contributed by atoms with Crippen LogP contribution in [0.15, 0.2) is 65.6 Å². The second-order valence-corrected chi connectivity index (χ2v) is 7.62. The average molecular weight is 406 g/mol. The second-order valence-electron chi connectivity index (χ2n) is 7.62. The minimum Gasteiger partial charge on any atom is -0.353 e. The van der Waals surface area contributed by atoms with Gasteiger partial charge in [0, 0.05) is 45.8 Å². The molecule has 0 radical (unpaired) electrons. The number of para-hydroxylation sites is 2. The Balaban J connectivity index is 1.22. The van der Waals surface area contributed by atoms with Crippen LogP contribution >= 0.6 is 0 Å². The predicted octanol–water partition coefficient (Wildman–Crippen LogP) is 1.33. The van der Waals surface area contributed by atoms with Gasteiger partial charge in [-0.3, -0.25) is 24.0 Å². The number of rotatable bonds is 7. The lowest BCUT2D eigenvalue weighted by molar-refractivity contribution is -0.121. The van der Waals surface area contributed by atoms with Crippen LogP contribution in [-0.4, -0.2) is 64.5 Å². The van der Waals surface area contributed by atoms with Crippen molar-refractivity contribution in [2.75, 3.05) is 39.3 Å². The highest BCUT2D eigenvalue weighted by molar-refractivity contribution is 5.79. The molecule has 30 heavy (non-hydrogen) atoms. The van der Waals surface area contributed by atoms with E-state index in [1.807, 2.05) is 30.3 Å². The number of carbonyl (C=O) groups excluding carboxylic acids is 1. The molecule has 0 atom stereocenters. The summed E-state index contributed by atoms with van der Waals surface area (Å²) >= 11 is 0. The second kappa shape index (κ2) is 9.65. The van der Waals surface area contributed by atoms with Gasteiger partial charge in [-0.1, -0.05) is 42.5 Å². The lowest BCUT2D eigenvalue weighted by atomic mass is 10.2. The molecule has 2 aromatic carbocycles. The Kier molecular flexibility index (Phi) is 6.51. The summed E-state index contributed by atoms with van der Waals surface area (Å²) in [5.74, 6) is -0.156.